The number of nitriles is 1. The highest BCUT2D eigenvalue weighted by atomic mass is 35.5. The Bertz CT molecular complexity index is 887. The molecule has 6 heteroatoms. The van der Waals surface area contributed by atoms with Crippen molar-refractivity contribution in [1.29, 1.82) is 5.26 Å². The van der Waals surface area contributed by atoms with Crippen molar-refractivity contribution in [3.05, 3.63) is 63.9 Å². The second kappa shape index (κ2) is 4.82. The topological polar surface area (TPSA) is 71.0 Å². The number of carbonyl (C=O) groups is 1. The number of allylic oxidation sites excluding steroid dienone is 2. The molecule has 0 saturated carbocycles. The van der Waals surface area contributed by atoms with Crippen molar-refractivity contribution in [3.63, 3.8) is 0 Å². The van der Waals surface area contributed by atoms with Gasteiger partial charge in [0.1, 0.15) is 5.69 Å². The Morgan fingerprint density at radius 3 is 2.81 bits per heavy atom. The average Bonchev–Trinajstić information content (AvgIpc) is 2.51. The van der Waals surface area contributed by atoms with Gasteiger partial charge in [-0.2, -0.15) is 0 Å². The minimum absolute atomic E-state index is 0.0259. The standard InChI is InChI=1S/C15H5ClN4O/c1-18-11(6-17)12-10-5-8(16)7-20-14(10)13-9(15(12)21)3-2-4-19-13/h2-5,7H. The molecule has 3 rings (SSSR count). The van der Waals surface area contributed by atoms with Crippen molar-refractivity contribution in [1.82, 2.24) is 9.97 Å². The van der Waals surface area contributed by atoms with Crippen LogP contribution in [-0.2, 0) is 0 Å². The molecule has 0 aromatic carbocycles. The van der Waals surface area contributed by atoms with Crippen LogP contribution < -0.4 is 0 Å². The highest BCUT2D eigenvalue weighted by molar-refractivity contribution is 6.36. The van der Waals surface area contributed by atoms with E-state index in [0.717, 1.165) is 0 Å². The molecule has 0 fully saturated rings. The summed E-state index contributed by atoms with van der Waals surface area (Å²) in [4.78, 5) is 24.1. The summed E-state index contributed by atoms with van der Waals surface area (Å²) >= 11 is 5.93. The zero-order valence-electron chi connectivity index (χ0n) is 10.5. The molecule has 2 aromatic rings. The van der Waals surface area contributed by atoms with Gasteiger partial charge in [-0.15, -0.1) is 0 Å². The van der Waals surface area contributed by atoms with E-state index in [4.69, 9.17) is 23.4 Å². The molecule has 0 aliphatic heterocycles. The van der Waals surface area contributed by atoms with Gasteiger partial charge in [0.05, 0.1) is 23.4 Å². The monoisotopic (exact) mass is 292 g/mol. The third-order valence-electron chi connectivity index (χ3n) is 3.08. The molecule has 0 unspecified atom stereocenters. The average molecular weight is 293 g/mol. The van der Waals surface area contributed by atoms with Gasteiger partial charge in [-0.3, -0.25) is 14.8 Å². The summed E-state index contributed by atoms with van der Waals surface area (Å²) in [5.74, 6) is -0.415. The highest BCUT2D eigenvalue weighted by Gasteiger charge is 2.31. The van der Waals surface area contributed by atoms with Crippen molar-refractivity contribution >= 4 is 23.0 Å². The third kappa shape index (κ3) is 1.88. The summed E-state index contributed by atoms with van der Waals surface area (Å²) in [5.41, 5.74) is 1.32. The molecule has 1 aliphatic rings. The Morgan fingerprint density at radius 2 is 2.10 bits per heavy atom. The molecule has 98 valence electrons. The van der Waals surface area contributed by atoms with Crippen molar-refractivity contribution in [2.45, 2.75) is 0 Å². The fourth-order valence-corrected chi connectivity index (χ4v) is 2.38. The highest BCUT2D eigenvalue weighted by Crippen LogP contribution is 2.39. The summed E-state index contributed by atoms with van der Waals surface area (Å²) in [5, 5.41) is 9.42. The predicted octanol–water partition coefficient (Wildman–Crippen LogP) is 3.15. The molecule has 5 nitrogen and oxygen atoms in total. The molecule has 1 aliphatic carbocycles. The van der Waals surface area contributed by atoms with E-state index < -0.39 is 5.78 Å². The first-order valence-corrected chi connectivity index (χ1v) is 6.23. The number of Topliss-reactive ketones (excluding diaryl/α,β-unsaturated/α-hetero) is 1. The molecule has 21 heavy (non-hydrogen) atoms. The van der Waals surface area contributed by atoms with Crippen LogP contribution in [-0.4, -0.2) is 15.8 Å². The van der Waals surface area contributed by atoms with Crippen molar-refractivity contribution in [2.24, 2.45) is 0 Å². The zero-order valence-corrected chi connectivity index (χ0v) is 11.2. The normalized spacial score (nSPS) is 14.5. The fraction of sp³-hybridized carbons (Fsp3) is 0. The molecule has 0 spiro atoms. The smallest absolute Gasteiger partial charge is 0.273 e. The van der Waals surface area contributed by atoms with E-state index in [9.17, 15) is 4.79 Å². The summed E-state index contributed by atoms with van der Waals surface area (Å²) in [6.45, 7) is 7.09. The maximum absolute atomic E-state index is 12.6. The van der Waals surface area contributed by atoms with Crippen LogP contribution in [0.4, 0.5) is 0 Å². The van der Waals surface area contributed by atoms with Crippen LogP contribution in [0.15, 0.2) is 36.3 Å². The lowest BCUT2D eigenvalue weighted by molar-refractivity contribution is 0.105. The Morgan fingerprint density at radius 1 is 1.33 bits per heavy atom. The van der Waals surface area contributed by atoms with Crippen LogP contribution in [0.1, 0.15) is 15.9 Å². The number of rotatable bonds is 0. The number of hydrogen-bond acceptors (Lipinski definition) is 4. The maximum Gasteiger partial charge on any atom is 0.273 e. The van der Waals surface area contributed by atoms with E-state index in [-0.39, 0.29) is 11.3 Å². The summed E-state index contributed by atoms with van der Waals surface area (Å²) in [6.07, 6.45) is 3.00. The van der Waals surface area contributed by atoms with Gasteiger partial charge in [-0.1, -0.05) is 11.6 Å². The maximum atomic E-state index is 12.6. The number of hydrogen-bond donors (Lipinski definition) is 0. The molecular formula is C15H5ClN4O. The van der Waals surface area contributed by atoms with Gasteiger partial charge in [-0.05, 0) is 18.2 Å². The Balaban J connectivity index is 2.47. The van der Waals surface area contributed by atoms with Gasteiger partial charge in [0, 0.05) is 29.1 Å². The van der Waals surface area contributed by atoms with E-state index in [2.05, 4.69) is 14.8 Å². The van der Waals surface area contributed by atoms with E-state index in [1.807, 2.05) is 0 Å². The molecule has 2 heterocycles. The Labute approximate surface area is 125 Å². The summed E-state index contributed by atoms with van der Waals surface area (Å²) < 4.78 is 0. The molecule has 0 N–H and O–H groups in total. The lowest BCUT2D eigenvalue weighted by Crippen LogP contribution is -2.15. The quantitative estimate of drug-likeness (QED) is 0.425. The van der Waals surface area contributed by atoms with Crippen LogP contribution in [0.2, 0.25) is 5.02 Å². The second-order valence-electron chi connectivity index (χ2n) is 4.23. The molecule has 2 aromatic heterocycles. The lowest BCUT2D eigenvalue weighted by Gasteiger charge is -2.19. The number of aromatic nitrogens is 2. The Kier molecular flexibility index (Phi) is 2.98. The molecule has 0 bridgehead atoms. The molecule has 0 amide bonds. The first-order chi connectivity index (χ1) is 10.2. The SMILES string of the molecule is [C-]#[N+]C(C#N)=C1C(=O)c2cccnc2-c2ncc(Cl)cc21. The van der Waals surface area contributed by atoms with E-state index in [1.165, 1.54) is 12.3 Å². The number of ketones is 1. The molecule has 0 atom stereocenters. The van der Waals surface area contributed by atoms with Gasteiger partial charge in [0.25, 0.3) is 5.70 Å². The number of halogens is 1. The number of nitrogens with zero attached hydrogens (tertiary/aromatic N) is 4. The zero-order chi connectivity index (χ0) is 15.0. The van der Waals surface area contributed by atoms with Crippen molar-refractivity contribution in [3.8, 4) is 17.5 Å². The third-order valence-corrected chi connectivity index (χ3v) is 3.29. The van der Waals surface area contributed by atoms with Gasteiger partial charge in [0.2, 0.25) is 0 Å². The number of carbonyl (C=O) groups excluding carboxylic acids is 1. The van der Waals surface area contributed by atoms with Gasteiger partial charge in [0.15, 0.2) is 5.78 Å². The van der Waals surface area contributed by atoms with Crippen LogP contribution in [0.25, 0.3) is 21.8 Å². The minimum Gasteiger partial charge on any atom is -0.290 e. The molecule has 0 radical (unpaired) electrons. The van der Waals surface area contributed by atoms with E-state index in [1.54, 1.807) is 24.4 Å². The van der Waals surface area contributed by atoms with Gasteiger partial charge >= 0.3 is 0 Å². The summed E-state index contributed by atoms with van der Waals surface area (Å²) in [7, 11) is 0. The van der Waals surface area contributed by atoms with E-state index in [0.29, 0.717) is 27.5 Å². The van der Waals surface area contributed by atoms with Crippen LogP contribution in [0.3, 0.4) is 0 Å². The number of pyridine rings is 2. The minimum atomic E-state index is -0.415. The van der Waals surface area contributed by atoms with Crippen molar-refractivity contribution < 1.29 is 4.79 Å². The van der Waals surface area contributed by atoms with Crippen LogP contribution in [0.5, 0.6) is 0 Å². The Hall–Kier alpha value is -3.02. The van der Waals surface area contributed by atoms with Gasteiger partial charge in [-0.25, -0.2) is 10.1 Å². The molecule has 0 saturated heterocycles. The fourth-order valence-electron chi connectivity index (χ4n) is 2.22. The molecular weight excluding hydrogens is 288 g/mol. The van der Waals surface area contributed by atoms with Crippen molar-refractivity contribution in [2.75, 3.05) is 0 Å². The van der Waals surface area contributed by atoms with Crippen LogP contribution in [0, 0.1) is 17.9 Å². The first kappa shape index (κ1) is 13.0. The second-order valence-corrected chi connectivity index (χ2v) is 4.66. The summed E-state index contributed by atoms with van der Waals surface area (Å²) in [6, 6.07) is 6.51. The van der Waals surface area contributed by atoms with E-state index >= 15 is 0 Å². The van der Waals surface area contributed by atoms with Crippen LogP contribution >= 0.6 is 11.6 Å². The first-order valence-electron chi connectivity index (χ1n) is 5.85. The van der Waals surface area contributed by atoms with Gasteiger partial charge < -0.3 is 0 Å². The predicted molar refractivity (Wildman–Crippen MR) is 75.9 cm³/mol. The lowest BCUT2D eigenvalue weighted by atomic mass is 9.86. The number of fused-ring (bicyclic) bond motifs is 3. The largest absolute Gasteiger partial charge is 0.290 e.